The van der Waals surface area contributed by atoms with Crippen LogP contribution in [0.1, 0.15) is 20.8 Å². The molecule has 0 aliphatic heterocycles. The van der Waals surface area contributed by atoms with E-state index in [0.29, 0.717) is 0 Å². The van der Waals surface area contributed by atoms with Crippen LogP contribution in [0.25, 0.3) is 0 Å². The van der Waals surface area contributed by atoms with Crippen molar-refractivity contribution in [2.45, 2.75) is 20.8 Å². The van der Waals surface area contributed by atoms with Crippen LogP contribution in [0.3, 0.4) is 0 Å². The van der Waals surface area contributed by atoms with Crippen molar-refractivity contribution >= 4 is 5.71 Å². The van der Waals surface area contributed by atoms with Crippen LogP contribution < -0.4 is 0 Å². The lowest BCUT2D eigenvalue weighted by molar-refractivity contribution is 0.291. The fourth-order valence-electron chi connectivity index (χ4n) is 0.576. The van der Waals surface area contributed by atoms with Gasteiger partial charge in [0.05, 0.1) is 12.9 Å². The molecule has 0 heterocycles. The number of hydrogen-bond acceptors (Lipinski definition) is 2. The quantitative estimate of drug-likeness (QED) is 0.426. The Balaban J connectivity index is 4.46. The van der Waals surface area contributed by atoms with Crippen LogP contribution in [0.2, 0.25) is 0 Å². The third-order valence-corrected chi connectivity index (χ3v) is 1.71. The Morgan fingerprint density at radius 3 is 2.00 bits per heavy atom. The fraction of sp³-hybridized carbons (Fsp3) is 0.625. The second kappa shape index (κ2) is 4.09. The van der Waals surface area contributed by atoms with Gasteiger partial charge in [-0.2, -0.15) is 0 Å². The summed E-state index contributed by atoms with van der Waals surface area (Å²) in [6.45, 7) is 5.91. The maximum atomic E-state index is 5.03. The Morgan fingerprint density at radius 2 is 1.70 bits per heavy atom. The van der Waals surface area contributed by atoms with Gasteiger partial charge in [-0.1, -0.05) is 0 Å². The van der Waals surface area contributed by atoms with Crippen molar-refractivity contribution in [2.24, 2.45) is 4.99 Å². The molecule has 0 spiro atoms. The van der Waals surface area contributed by atoms with Gasteiger partial charge < -0.3 is 4.74 Å². The van der Waals surface area contributed by atoms with E-state index in [1.54, 1.807) is 14.2 Å². The molecule has 0 aromatic heterocycles. The van der Waals surface area contributed by atoms with Crippen LogP contribution in [0.4, 0.5) is 0 Å². The van der Waals surface area contributed by atoms with Gasteiger partial charge in [0.25, 0.3) is 0 Å². The van der Waals surface area contributed by atoms with E-state index in [0.717, 1.165) is 17.0 Å². The molecule has 0 atom stereocenters. The average Bonchev–Trinajstić information content (AvgIpc) is 2.00. The Morgan fingerprint density at radius 1 is 1.20 bits per heavy atom. The maximum absolute atomic E-state index is 5.03. The Labute approximate surface area is 62.6 Å². The second-order valence-electron chi connectivity index (χ2n) is 2.19. The highest BCUT2D eigenvalue weighted by atomic mass is 16.5. The molecule has 0 aliphatic rings. The van der Waals surface area contributed by atoms with Gasteiger partial charge in [-0.05, 0) is 20.8 Å². The summed E-state index contributed by atoms with van der Waals surface area (Å²) in [6, 6.07) is 0. The highest BCUT2D eigenvalue weighted by molar-refractivity contribution is 5.97. The molecule has 10 heavy (non-hydrogen) atoms. The van der Waals surface area contributed by atoms with Gasteiger partial charge in [0.1, 0.15) is 0 Å². The summed E-state index contributed by atoms with van der Waals surface area (Å²) < 4.78 is 5.03. The molecule has 2 heteroatoms. The lowest BCUT2D eigenvalue weighted by Crippen LogP contribution is -1.97. The zero-order valence-corrected chi connectivity index (χ0v) is 7.36. The Hall–Kier alpha value is -0.790. The van der Waals surface area contributed by atoms with Crippen molar-refractivity contribution in [3.05, 3.63) is 11.3 Å². The summed E-state index contributed by atoms with van der Waals surface area (Å²) >= 11 is 0. The number of allylic oxidation sites excluding steroid dienone is 2. The normalized spacial score (nSPS) is 14.7. The molecule has 0 radical (unpaired) electrons. The van der Waals surface area contributed by atoms with Gasteiger partial charge >= 0.3 is 0 Å². The summed E-state index contributed by atoms with van der Waals surface area (Å²) in [4.78, 5) is 4.04. The molecule has 0 bridgehead atoms. The number of ether oxygens (including phenoxy) is 1. The van der Waals surface area contributed by atoms with Crippen LogP contribution in [-0.4, -0.2) is 19.9 Å². The van der Waals surface area contributed by atoms with Gasteiger partial charge in [-0.15, -0.1) is 0 Å². The van der Waals surface area contributed by atoms with E-state index in [1.807, 2.05) is 20.8 Å². The smallest absolute Gasteiger partial charge is 0.0971 e. The van der Waals surface area contributed by atoms with Crippen molar-refractivity contribution in [2.75, 3.05) is 14.2 Å². The van der Waals surface area contributed by atoms with Crippen LogP contribution in [-0.2, 0) is 4.74 Å². The Kier molecular flexibility index (Phi) is 3.77. The van der Waals surface area contributed by atoms with Gasteiger partial charge in [0.15, 0.2) is 0 Å². The van der Waals surface area contributed by atoms with Crippen molar-refractivity contribution in [1.29, 1.82) is 0 Å². The van der Waals surface area contributed by atoms with Crippen molar-refractivity contribution in [3.63, 3.8) is 0 Å². The van der Waals surface area contributed by atoms with Crippen molar-refractivity contribution in [1.82, 2.24) is 0 Å². The zero-order chi connectivity index (χ0) is 8.15. The molecular weight excluding hydrogens is 126 g/mol. The number of hydrogen-bond donors (Lipinski definition) is 0. The molecule has 0 saturated heterocycles. The number of aliphatic imine (C=N–C) groups is 1. The van der Waals surface area contributed by atoms with Gasteiger partial charge in [-0.25, -0.2) is 0 Å². The van der Waals surface area contributed by atoms with Crippen molar-refractivity contribution in [3.8, 4) is 0 Å². The number of nitrogens with zero attached hydrogens (tertiary/aromatic N) is 1. The monoisotopic (exact) mass is 141 g/mol. The maximum Gasteiger partial charge on any atom is 0.0971 e. The van der Waals surface area contributed by atoms with E-state index in [9.17, 15) is 0 Å². The largest absolute Gasteiger partial charge is 0.501 e. The van der Waals surface area contributed by atoms with Gasteiger partial charge in [0, 0.05) is 18.3 Å². The van der Waals surface area contributed by atoms with Crippen LogP contribution in [0.15, 0.2) is 16.3 Å². The number of methoxy groups -OCH3 is 1. The molecule has 58 valence electrons. The first-order valence-corrected chi connectivity index (χ1v) is 3.28. The first kappa shape index (κ1) is 9.21. The summed E-state index contributed by atoms with van der Waals surface area (Å²) in [5, 5.41) is 0. The fourth-order valence-corrected chi connectivity index (χ4v) is 0.576. The topological polar surface area (TPSA) is 21.6 Å². The lowest BCUT2D eigenvalue weighted by atomic mass is 10.2. The third kappa shape index (κ3) is 2.21. The third-order valence-electron chi connectivity index (χ3n) is 1.71. The first-order chi connectivity index (χ1) is 4.63. The molecule has 0 rings (SSSR count). The van der Waals surface area contributed by atoms with E-state index < -0.39 is 0 Å². The summed E-state index contributed by atoms with van der Waals surface area (Å²) in [5.41, 5.74) is 2.14. The second-order valence-corrected chi connectivity index (χ2v) is 2.19. The summed E-state index contributed by atoms with van der Waals surface area (Å²) in [5.74, 6) is 0.933. The molecule has 0 fully saturated rings. The molecule has 2 nitrogen and oxygen atoms in total. The van der Waals surface area contributed by atoms with Crippen molar-refractivity contribution < 1.29 is 4.74 Å². The summed E-state index contributed by atoms with van der Waals surface area (Å²) in [6.07, 6.45) is 0. The molecular formula is C8H15NO. The minimum absolute atomic E-state index is 0.933. The molecule has 0 N–H and O–H groups in total. The lowest BCUT2D eigenvalue weighted by Gasteiger charge is -2.04. The molecule has 0 aliphatic carbocycles. The van der Waals surface area contributed by atoms with Gasteiger partial charge in [-0.3, -0.25) is 4.99 Å². The minimum atomic E-state index is 0.933. The SMILES string of the molecule is CN=C(C)/C(C)=C(/C)OC. The molecule has 0 aromatic carbocycles. The molecule has 0 aromatic rings. The Bertz CT molecular complexity index is 168. The van der Waals surface area contributed by atoms with E-state index in [2.05, 4.69) is 4.99 Å². The average molecular weight is 141 g/mol. The van der Waals surface area contributed by atoms with E-state index in [1.165, 1.54) is 0 Å². The highest BCUT2D eigenvalue weighted by Gasteiger charge is 1.97. The zero-order valence-electron chi connectivity index (χ0n) is 7.36. The van der Waals surface area contributed by atoms with Crippen LogP contribution in [0, 0.1) is 0 Å². The molecule has 0 saturated carbocycles. The molecule has 0 amide bonds. The highest BCUT2D eigenvalue weighted by Crippen LogP contribution is 2.04. The van der Waals surface area contributed by atoms with E-state index >= 15 is 0 Å². The van der Waals surface area contributed by atoms with Crippen LogP contribution in [0.5, 0.6) is 0 Å². The standard InChI is InChI=1S/C8H15NO/c1-6(7(2)9-4)8(3)10-5/h1-5H3/b8-6-,9-7?. The van der Waals surface area contributed by atoms with Crippen LogP contribution >= 0.6 is 0 Å². The predicted octanol–water partition coefficient (Wildman–Crippen LogP) is 2.02. The van der Waals surface area contributed by atoms with Gasteiger partial charge in [0.2, 0.25) is 0 Å². The van der Waals surface area contributed by atoms with E-state index in [4.69, 9.17) is 4.74 Å². The molecule has 0 unspecified atom stereocenters. The van der Waals surface area contributed by atoms with E-state index in [-0.39, 0.29) is 0 Å². The first-order valence-electron chi connectivity index (χ1n) is 3.28. The minimum Gasteiger partial charge on any atom is -0.501 e. The number of rotatable bonds is 2. The summed E-state index contributed by atoms with van der Waals surface area (Å²) in [7, 11) is 3.45. The predicted molar refractivity (Wildman–Crippen MR) is 44.4 cm³/mol.